The van der Waals surface area contributed by atoms with Gasteiger partial charge < -0.3 is 5.73 Å². The lowest BCUT2D eigenvalue weighted by molar-refractivity contribution is 0.319. The first-order valence-electron chi connectivity index (χ1n) is 6.69. The van der Waals surface area contributed by atoms with Gasteiger partial charge in [-0.05, 0) is 25.1 Å². The summed E-state index contributed by atoms with van der Waals surface area (Å²) < 4.78 is 1.96. The standard InChI is InChI=1S/C15H22N4/c1-3-19-12-15(9-17-19)11-18(2)10-14-6-4-5-13(7-14)8-16/h4-7,9,12H,3,8,10-11,16H2,1-2H3. The Kier molecular flexibility index (Phi) is 4.71. The van der Waals surface area contributed by atoms with E-state index in [-0.39, 0.29) is 0 Å². The van der Waals surface area contributed by atoms with Gasteiger partial charge in [0.1, 0.15) is 0 Å². The molecule has 19 heavy (non-hydrogen) atoms. The summed E-state index contributed by atoms with van der Waals surface area (Å²) in [5.41, 5.74) is 9.40. The molecule has 0 aliphatic heterocycles. The number of nitrogens with two attached hydrogens (primary N) is 1. The Balaban J connectivity index is 1.94. The van der Waals surface area contributed by atoms with Crippen LogP contribution in [-0.4, -0.2) is 21.7 Å². The molecule has 1 heterocycles. The summed E-state index contributed by atoms with van der Waals surface area (Å²) in [7, 11) is 2.12. The molecule has 0 aliphatic carbocycles. The number of hydrogen-bond acceptors (Lipinski definition) is 3. The molecule has 1 aromatic heterocycles. The molecule has 0 atom stereocenters. The van der Waals surface area contributed by atoms with Crippen molar-refractivity contribution in [2.75, 3.05) is 7.05 Å². The van der Waals surface area contributed by atoms with E-state index in [1.165, 1.54) is 16.7 Å². The fraction of sp³-hybridized carbons (Fsp3) is 0.400. The van der Waals surface area contributed by atoms with E-state index >= 15 is 0 Å². The molecule has 0 unspecified atom stereocenters. The number of hydrogen-bond donors (Lipinski definition) is 1. The van der Waals surface area contributed by atoms with Crippen molar-refractivity contribution in [1.29, 1.82) is 0 Å². The fourth-order valence-corrected chi connectivity index (χ4v) is 2.20. The molecule has 2 aromatic rings. The van der Waals surface area contributed by atoms with Crippen molar-refractivity contribution < 1.29 is 0 Å². The molecule has 0 bridgehead atoms. The lowest BCUT2D eigenvalue weighted by Crippen LogP contribution is -2.17. The molecular weight excluding hydrogens is 236 g/mol. The van der Waals surface area contributed by atoms with E-state index in [4.69, 9.17) is 5.73 Å². The summed E-state index contributed by atoms with van der Waals surface area (Å²) in [6.07, 6.45) is 4.04. The van der Waals surface area contributed by atoms with Crippen LogP contribution in [0.15, 0.2) is 36.7 Å². The van der Waals surface area contributed by atoms with Crippen molar-refractivity contribution in [3.05, 3.63) is 53.3 Å². The van der Waals surface area contributed by atoms with Crippen LogP contribution in [0.2, 0.25) is 0 Å². The average Bonchev–Trinajstić information content (AvgIpc) is 2.86. The third-order valence-electron chi connectivity index (χ3n) is 3.14. The van der Waals surface area contributed by atoms with Gasteiger partial charge in [0.2, 0.25) is 0 Å². The van der Waals surface area contributed by atoms with Gasteiger partial charge in [0.15, 0.2) is 0 Å². The van der Waals surface area contributed by atoms with E-state index < -0.39 is 0 Å². The lowest BCUT2D eigenvalue weighted by Gasteiger charge is -2.16. The van der Waals surface area contributed by atoms with Crippen molar-refractivity contribution >= 4 is 0 Å². The van der Waals surface area contributed by atoms with Gasteiger partial charge in [0.25, 0.3) is 0 Å². The van der Waals surface area contributed by atoms with Crippen molar-refractivity contribution in [1.82, 2.24) is 14.7 Å². The monoisotopic (exact) mass is 258 g/mol. The van der Waals surface area contributed by atoms with E-state index in [0.29, 0.717) is 6.54 Å². The molecule has 4 nitrogen and oxygen atoms in total. The van der Waals surface area contributed by atoms with E-state index in [9.17, 15) is 0 Å². The van der Waals surface area contributed by atoms with Gasteiger partial charge in [-0.25, -0.2) is 0 Å². The zero-order valence-electron chi connectivity index (χ0n) is 11.7. The van der Waals surface area contributed by atoms with Crippen LogP contribution in [0, 0.1) is 0 Å². The van der Waals surface area contributed by atoms with E-state index in [1.54, 1.807) is 0 Å². The molecule has 1 aromatic carbocycles. The minimum atomic E-state index is 0.598. The first-order chi connectivity index (χ1) is 9.21. The molecule has 2 N–H and O–H groups in total. The first-order valence-corrected chi connectivity index (χ1v) is 6.69. The molecule has 0 spiro atoms. The van der Waals surface area contributed by atoms with Gasteiger partial charge in [0.05, 0.1) is 6.20 Å². The third kappa shape index (κ3) is 3.91. The predicted molar refractivity (Wildman–Crippen MR) is 77.4 cm³/mol. The second kappa shape index (κ2) is 6.50. The summed E-state index contributed by atoms with van der Waals surface area (Å²) in [6.45, 7) is 5.44. The largest absolute Gasteiger partial charge is 0.326 e. The Morgan fingerprint density at radius 2 is 1.95 bits per heavy atom. The summed E-state index contributed by atoms with van der Waals surface area (Å²) in [5.74, 6) is 0. The molecule has 0 saturated heterocycles. The number of rotatable bonds is 6. The van der Waals surface area contributed by atoms with E-state index in [0.717, 1.165) is 19.6 Å². The summed E-state index contributed by atoms with van der Waals surface area (Å²) in [5, 5.41) is 4.30. The smallest absolute Gasteiger partial charge is 0.0534 e. The fourth-order valence-electron chi connectivity index (χ4n) is 2.20. The van der Waals surface area contributed by atoms with Gasteiger partial charge in [0, 0.05) is 37.9 Å². The zero-order valence-corrected chi connectivity index (χ0v) is 11.7. The highest BCUT2D eigenvalue weighted by atomic mass is 15.3. The zero-order chi connectivity index (χ0) is 13.7. The van der Waals surface area contributed by atoms with Crippen LogP contribution in [-0.2, 0) is 26.2 Å². The highest BCUT2D eigenvalue weighted by molar-refractivity contribution is 5.23. The number of nitrogens with zero attached hydrogens (tertiary/aromatic N) is 3. The molecule has 0 aliphatic rings. The summed E-state index contributed by atoms with van der Waals surface area (Å²) in [6, 6.07) is 8.45. The Labute approximate surface area is 114 Å². The van der Waals surface area contributed by atoms with E-state index in [2.05, 4.69) is 54.4 Å². The maximum Gasteiger partial charge on any atom is 0.0534 e. The van der Waals surface area contributed by atoms with Crippen LogP contribution in [0.3, 0.4) is 0 Å². The second-order valence-electron chi connectivity index (χ2n) is 4.90. The Bertz CT molecular complexity index is 518. The lowest BCUT2D eigenvalue weighted by atomic mass is 10.1. The SMILES string of the molecule is CCn1cc(CN(C)Cc2cccc(CN)c2)cn1. The number of benzene rings is 1. The summed E-state index contributed by atoms with van der Waals surface area (Å²) in [4.78, 5) is 2.28. The molecule has 2 rings (SSSR count). The minimum absolute atomic E-state index is 0.598. The third-order valence-corrected chi connectivity index (χ3v) is 3.14. The van der Waals surface area contributed by atoms with Gasteiger partial charge in [-0.3, -0.25) is 9.58 Å². The van der Waals surface area contributed by atoms with Crippen molar-refractivity contribution in [2.24, 2.45) is 5.73 Å². The molecule has 0 amide bonds. The topological polar surface area (TPSA) is 47.1 Å². The van der Waals surface area contributed by atoms with Crippen LogP contribution in [0.5, 0.6) is 0 Å². The maximum atomic E-state index is 5.67. The van der Waals surface area contributed by atoms with Crippen LogP contribution in [0.25, 0.3) is 0 Å². The minimum Gasteiger partial charge on any atom is -0.326 e. The second-order valence-corrected chi connectivity index (χ2v) is 4.90. The van der Waals surface area contributed by atoms with Gasteiger partial charge in [-0.2, -0.15) is 5.10 Å². The van der Waals surface area contributed by atoms with Crippen molar-refractivity contribution in [3.8, 4) is 0 Å². The van der Waals surface area contributed by atoms with Crippen molar-refractivity contribution in [3.63, 3.8) is 0 Å². The molecule has 0 saturated carbocycles. The Hall–Kier alpha value is -1.65. The predicted octanol–water partition coefficient (Wildman–Crippen LogP) is 1.99. The van der Waals surface area contributed by atoms with E-state index in [1.807, 2.05) is 10.9 Å². The number of aryl methyl sites for hydroxylation is 1. The molecular formula is C15H22N4. The van der Waals surface area contributed by atoms with Crippen LogP contribution in [0.1, 0.15) is 23.6 Å². The molecule has 4 heteroatoms. The number of aromatic nitrogens is 2. The molecule has 0 radical (unpaired) electrons. The first kappa shape index (κ1) is 13.8. The highest BCUT2D eigenvalue weighted by Gasteiger charge is 2.04. The van der Waals surface area contributed by atoms with Crippen LogP contribution in [0.4, 0.5) is 0 Å². The highest BCUT2D eigenvalue weighted by Crippen LogP contribution is 2.10. The van der Waals surface area contributed by atoms with Crippen molar-refractivity contribution in [2.45, 2.75) is 33.1 Å². The Morgan fingerprint density at radius 1 is 1.21 bits per heavy atom. The Morgan fingerprint density at radius 3 is 2.63 bits per heavy atom. The maximum absolute atomic E-state index is 5.67. The molecule has 102 valence electrons. The van der Waals surface area contributed by atoms with Crippen LogP contribution >= 0.6 is 0 Å². The van der Waals surface area contributed by atoms with Gasteiger partial charge >= 0.3 is 0 Å². The van der Waals surface area contributed by atoms with Crippen LogP contribution < -0.4 is 5.73 Å². The van der Waals surface area contributed by atoms with Gasteiger partial charge in [-0.15, -0.1) is 0 Å². The normalized spacial score (nSPS) is 11.2. The summed E-state index contributed by atoms with van der Waals surface area (Å²) >= 11 is 0. The molecule has 0 fully saturated rings. The van der Waals surface area contributed by atoms with Gasteiger partial charge in [-0.1, -0.05) is 24.3 Å². The quantitative estimate of drug-likeness (QED) is 0.862. The average molecular weight is 258 g/mol.